The number of thiophene rings is 1. The van der Waals surface area contributed by atoms with E-state index in [0.717, 1.165) is 61.4 Å². The molecule has 0 unspecified atom stereocenters. The number of oxazole rings is 1. The molecule has 1 aliphatic rings. The second-order valence-electron chi connectivity index (χ2n) is 7.36. The van der Waals surface area contributed by atoms with E-state index < -0.39 is 0 Å². The summed E-state index contributed by atoms with van der Waals surface area (Å²) >= 11 is 1.65. The van der Waals surface area contributed by atoms with Crippen molar-refractivity contribution in [3.8, 4) is 10.8 Å². The van der Waals surface area contributed by atoms with E-state index >= 15 is 0 Å². The fourth-order valence-electron chi connectivity index (χ4n) is 3.84. The number of aliphatic hydroxyl groups excluding tert-OH is 1. The van der Waals surface area contributed by atoms with Crippen LogP contribution in [0.1, 0.15) is 23.4 Å². The summed E-state index contributed by atoms with van der Waals surface area (Å²) in [6, 6.07) is 15.0. The molecule has 1 N–H and O–H groups in total. The van der Waals surface area contributed by atoms with Crippen LogP contribution in [0.15, 0.2) is 52.3 Å². The zero-order chi connectivity index (χ0) is 19.3. The van der Waals surface area contributed by atoms with Gasteiger partial charge in [0.05, 0.1) is 10.6 Å². The highest BCUT2D eigenvalue weighted by Crippen LogP contribution is 2.27. The van der Waals surface area contributed by atoms with Gasteiger partial charge in [-0.1, -0.05) is 36.4 Å². The van der Waals surface area contributed by atoms with Gasteiger partial charge in [-0.05, 0) is 30.4 Å². The number of aliphatic hydroxyl groups is 1. The first-order valence-electron chi connectivity index (χ1n) is 9.84. The molecule has 0 amide bonds. The molecule has 6 heteroatoms. The van der Waals surface area contributed by atoms with Gasteiger partial charge in [0.15, 0.2) is 0 Å². The molecule has 5 nitrogen and oxygen atoms in total. The molecule has 0 saturated carbocycles. The van der Waals surface area contributed by atoms with Gasteiger partial charge in [-0.3, -0.25) is 9.80 Å². The summed E-state index contributed by atoms with van der Waals surface area (Å²) in [6.45, 7) is 6.87. The summed E-state index contributed by atoms with van der Waals surface area (Å²) in [5.41, 5.74) is 2.34. The maximum absolute atomic E-state index is 9.56. The summed E-state index contributed by atoms with van der Waals surface area (Å²) in [7, 11) is 0. The highest BCUT2D eigenvalue weighted by Gasteiger charge is 2.27. The Hall–Kier alpha value is -1.99. The van der Waals surface area contributed by atoms with Gasteiger partial charge >= 0.3 is 0 Å². The lowest BCUT2D eigenvalue weighted by Gasteiger charge is -2.41. The molecule has 4 rings (SSSR count). The van der Waals surface area contributed by atoms with Crippen LogP contribution in [0.2, 0.25) is 0 Å². The molecule has 0 aliphatic carbocycles. The standard InChI is InChI=1S/C22H27N3O2S/c1-17-20(23-22(27-17)21-8-5-13-28-21)16-24-10-11-25(19(15-24)9-12-26)14-18-6-3-2-4-7-18/h2-8,13,19,26H,9-12,14-16H2,1H3/t19-/m1/s1. The highest BCUT2D eigenvalue weighted by atomic mass is 32.1. The minimum absolute atomic E-state index is 0.218. The van der Waals surface area contributed by atoms with Crippen molar-refractivity contribution in [2.75, 3.05) is 26.2 Å². The average Bonchev–Trinajstić information content (AvgIpc) is 3.35. The van der Waals surface area contributed by atoms with Crippen LogP contribution in [0.25, 0.3) is 10.8 Å². The molecule has 28 heavy (non-hydrogen) atoms. The molecule has 1 saturated heterocycles. The van der Waals surface area contributed by atoms with Crippen LogP contribution in [0.5, 0.6) is 0 Å². The van der Waals surface area contributed by atoms with E-state index in [-0.39, 0.29) is 6.61 Å². The molecule has 0 spiro atoms. The zero-order valence-electron chi connectivity index (χ0n) is 16.3. The van der Waals surface area contributed by atoms with E-state index in [1.807, 2.05) is 24.4 Å². The van der Waals surface area contributed by atoms with Crippen molar-refractivity contribution < 1.29 is 9.52 Å². The van der Waals surface area contributed by atoms with E-state index in [4.69, 9.17) is 9.40 Å². The monoisotopic (exact) mass is 397 g/mol. The summed E-state index contributed by atoms with van der Waals surface area (Å²) in [5.74, 6) is 1.62. The third-order valence-corrected chi connectivity index (χ3v) is 6.24. The SMILES string of the molecule is Cc1oc(-c2cccs2)nc1CN1CCN(Cc2ccccc2)[C@H](CCO)C1. The maximum atomic E-state index is 9.56. The van der Waals surface area contributed by atoms with Gasteiger partial charge in [0.1, 0.15) is 5.76 Å². The van der Waals surface area contributed by atoms with Crippen LogP contribution in [-0.4, -0.2) is 52.2 Å². The maximum Gasteiger partial charge on any atom is 0.236 e. The van der Waals surface area contributed by atoms with Crippen LogP contribution in [0.3, 0.4) is 0 Å². The number of aryl methyl sites for hydroxylation is 1. The van der Waals surface area contributed by atoms with Crippen molar-refractivity contribution in [3.05, 3.63) is 64.9 Å². The molecular formula is C22H27N3O2S. The second-order valence-corrected chi connectivity index (χ2v) is 8.30. The Labute approximate surface area is 170 Å². The minimum atomic E-state index is 0.218. The molecular weight excluding hydrogens is 370 g/mol. The number of nitrogens with zero attached hydrogens (tertiary/aromatic N) is 3. The Morgan fingerprint density at radius 3 is 2.75 bits per heavy atom. The van der Waals surface area contributed by atoms with Gasteiger partial charge in [-0.15, -0.1) is 11.3 Å². The van der Waals surface area contributed by atoms with E-state index in [1.54, 1.807) is 11.3 Å². The largest absolute Gasteiger partial charge is 0.440 e. The number of hydrogen-bond donors (Lipinski definition) is 1. The van der Waals surface area contributed by atoms with Crippen LogP contribution in [-0.2, 0) is 13.1 Å². The van der Waals surface area contributed by atoms with Crippen LogP contribution in [0, 0.1) is 6.92 Å². The zero-order valence-corrected chi connectivity index (χ0v) is 17.1. The van der Waals surface area contributed by atoms with Gasteiger partial charge in [-0.25, -0.2) is 4.98 Å². The lowest BCUT2D eigenvalue weighted by Crippen LogP contribution is -2.52. The number of benzene rings is 1. The van der Waals surface area contributed by atoms with Crippen molar-refractivity contribution in [1.29, 1.82) is 0 Å². The summed E-state index contributed by atoms with van der Waals surface area (Å²) < 4.78 is 5.90. The topological polar surface area (TPSA) is 52.7 Å². The molecule has 1 aromatic carbocycles. The Morgan fingerprint density at radius 2 is 2.00 bits per heavy atom. The Morgan fingerprint density at radius 1 is 1.14 bits per heavy atom. The Balaban J connectivity index is 1.41. The van der Waals surface area contributed by atoms with E-state index in [9.17, 15) is 5.11 Å². The quantitative estimate of drug-likeness (QED) is 0.658. The second kappa shape index (κ2) is 9.01. The van der Waals surface area contributed by atoms with Crippen molar-refractivity contribution >= 4 is 11.3 Å². The van der Waals surface area contributed by atoms with E-state index in [0.29, 0.717) is 6.04 Å². The highest BCUT2D eigenvalue weighted by molar-refractivity contribution is 7.13. The van der Waals surface area contributed by atoms with Crippen LogP contribution >= 0.6 is 11.3 Å². The molecule has 0 radical (unpaired) electrons. The predicted molar refractivity (Wildman–Crippen MR) is 112 cm³/mol. The van der Waals surface area contributed by atoms with Gasteiger partial charge < -0.3 is 9.52 Å². The Bertz CT molecular complexity index is 863. The molecule has 1 fully saturated rings. The van der Waals surface area contributed by atoms with Gasteiger partial charge in [0.2, 0.25) is 5.89 Å². The fourth-order valence-corrected chi connectivity index (χ4v) is 4.49. The number of aromatic nitrogens is 1. The minimum Gasteiger partial charge on any atom is -0.440 e. The molecule has 2 aromatic heterocycles. The summed E-state index contributed by atoms with van der Waals surface area (Å²) in [4.78, 5) is 10.7. The molecule has 1 aliphatic heterocycles. The number of hydrogen-bond acceptors (Lipinski definition) is 6. The first-order chi connectivity index (χ1) is 13.7. The third kappa shape index (κ3) is 4.52. The van der Waals surface area contributed by atoms with Gasteiger partial charge in [0.25, 0.3) is 0 Å². The fraction of sp³-hybridized carbons (Fsp3) is 0.409. The molecule has 148 valence electrons. The third-order valence-electron chi connectivity index (χ3n) is 5.38. The first-order valence-corrected chi connectivity index (χ1v) is 10.7. The normalized spacial score (nSPS) is 18.6. The number of piperazine rings is 1. The lowest BCUT2D eigenvalue weighted by molar-refractivity contribution is 0.0492. The lowest BCUT2D eigenvalue weighted by atomic mass is 10.1. The van der Waals surface area contributed by atoms with E-state index in [2.05, 4.69) is 40.1 Å². The summed E-state index contributed by atoms with van der Waals surface area (Å²) in [5, 5.41) is 11.6. The van der Waals surface area contributed by atoms with Crippen molar-refractivity contribution in [2.45, 2.75) is 32.5 Å². The van der Waals surface area contributed by atoms with Crippen LogP contribution in [0.4, 0.5) is 0 Å². The first kappa shape index (κ1) is 19.3. The molecule has 3 heterocycles. The molecule has 3 aromatic rings. The Kier molecular flexibility index (Phi) is 6.22. The smallest absolute Gasteiger partial charge is 0.236 e. The summed E-state index contributed by atoms with van der Waals surface area (Å²) in [6.07, 6.45) is 0.793. The van der Waals surface area contributed by atoms with Gasteiger partial charge in [0, 0.05) is 45.4 Å². The predicted octanol–water partition coefficient (Wildman–Crippen LogP) is 3.78. The molecule has 1 atom stereocenters. The molecule has 0 bridgehead atoms. The average molecular weight is 398 g/mol. The van der Waals surface area contributed by atoms with E-state index in [1.165, 1.54) is 5.56 Å². The van der Waals surface area contributed by atoms with Crippen molar-refractivity contribution in [3.63, 3.8) is 0 Å². The van der Waals surface area contributed by atoms with Crippen molar-refractivity contribution in [1.82, 2.24) is 14.8 Å². The number of rotatable bonds is 7. The van der Waals surface area contributed by atoms with Crippen LogP contribution < -0.4 is 0 Å². The van der Waals surface area contributed by atoms with Gasteiger partial charge in [-0.2, -0.15) is 0 Å². The van der Waals surface area contributed by atoms with Crippen molar-refractivity contribution in [2.24, 2.45) is 0 Å².